The van der Waals surface area contributed by atoms with Crippen molar-refractivity contribution in [2.45, 2.75) is 45.7 Å². The van der Waals surface area contributed by atoms with Gasteiger partial charge >= 0.3 is 0 Å². The second-order valence-corrected chi connectivity index (χ2v) is 5.44. The van der Waals surface area contributed by atoms with Crippen LogP contribution in [0.5, 0.6) is 0 Å². The van der Waals surface area contributed by atoms with Gasteiger partial charge in [-0.25, -0.2) is 0 Å². The summed E-state index contributed by atoms with van der Waals surface area (Å²) in [5, 5.41) is 8.83. The van der Waals surface area contributed by atoms with Gasteiger partial charge < -0.3 is 0 Å². The molecule has 0 radical (unpaired) electrons. The zero-order chi connectivity index (χ0) is 8.56. The predicted molar refractivity (Wildman–Crippen MR) is 47.0 cm³/mol. The average molecular weight is 164 g/mol. The molecule has 2 saturated carbocycles. The summed E-state index contributed by atoms with van der Waals surface area (Å²) >= 11 is 0. The SMILES string of the molecule is CC1(C)C2CC3N=NC(C2)C31C. The molecule has 0 saturated heterocycles. The molecule has 66 valence electrons. The van der Waals surface area contributed by atoms with Gasteiger partial charge in [0.05, 0.1) is 12.1 Å². The lowest BCUT2D eigenvalue weighted by Crippen LogP contribution is -2.38. The molecular weight excluding hydrogens is 148 g/mol. The summed E-state index contributed by atoms with van der Waals surface area (Å²) in [7, 11) is 0. The monoisotopic (exact) mass is 164 g/mol. The van der Waals surface area contributed by atoms with Gasteiger partial charge in [0, 0.05) is 5.41 Å². The molecule has 0 amide bonds. The minimum atomic E-state index is 0.400. The Morgan fingerprint density at radius 2 is 1.50 bits per heavy atom. The molecule has 12 heavy (non-hydrogen) atoms. The van der Waals surface area contributed by atoms with Crippen LogP contribution in [0.15, 0.2) is 10.2 Å². The van der Waals surface area contributed by atoms with E-state index >= 15 is 0 Å². The first-order valence-corrected chi connectivity index (χ1v) is 4.97. The second kappa shape index (κ2) is 1.61. The molecule has 2 bridgehead atoms. The van der Waals surface area contributed by atoms with Crippen LogP contribution in [-0.4, -0.2) is 12.1 Å². The molecule has 2 atom stereocenters. The first kappa shape index (κ1) is 7.05. The molecule has 0 N–H and O–H groups in total. The maximum atomic E-state index is 4.41. The molecule has 0 spiro atoms. The molecule has 2 fully saturated rings. The maximum Gasteiger partial charge on any atom is 0.0791 e. The van der Waals surface area contributed by atoms with Gasteiger partial charge in [-0.3, -0.25) is 0 Å². The molecule has 2 aliphatic carbocycles. The Kier molecular flexibility index (Phi) is 0.948. The lowest BCUT2D eigenvalue weighted by molar-refractivity contribution is 0.139. The van der Waals surface area contributed by atoms with Crippen LogP contribution in [0.25, 0.3) is 0 Å². The number of hydrogen-bond donors (Lipinski definition) is 0. The van der Waals surface area contributed by atoms with Crippen LogP contribution in [0.4, 0.5) is 0 Å². The third kappa shape index (κ3) is 0.453. The van der Waals surface area contributed by atoms with Crippen molar-refractivity contribution in [3.8, 4) is 0 Å². The first-order chi connectivity index (χ1) is 5.57. The predicted octanol–water partition coefficient (Wildman–Crippen LogP) is 2.65. The van der Waals surface area contributed by atoms with E-state index < -0.39 is 0 Å². The van der Waals surface area contributed by atoms with E-state index in [1.54, 1.807) is 0 Å². The number of azo groups is 1. The highest BCUT2D eigenvalue weighted by molar-refractivity contribution is 5.21. The maximum absolute atomic E-state index is 4.41. The van der Waals surface area contributed by atoms with Crippen molar-refractivity contribution >= 4 is 0 Å². The summed E-state index contributed by atoms with van der Waals surface area (Å²) in [6.45, 7) is 7.22. The number of rotatable bonds is 0. The van der Waals surface area contributed by atoms with E-state index in [2.05, 4.69) is 31.0 Å². The molecule has 2 nitrogen and oxygen atoms in total. The largest absolute Gasteiger partial charge is 0.190 e. The fourth-order valence-corrected chi connectivity index (χ4v) is 3.73. The molecule has 2 unspecified atom stereocenters. The molecule has 0 aromatic heterocycles. The zero-order valence-corrected chi connectivity index (χ0v) is 8.04. The second-order valence-electron chi connectivity index (χ2n) is 5.44. The minimum absolute atomic E-state index is 0.400. The van der Waals surface area contributed by atoms with Gasteiger partial charge in [0.2, 0.25) is 0 Å². The van der Waals surface area contributed by atoms with Gasteiger partial charge in [-0.05, 0) is 24.2 Å². The highest BCUT2D eigenvalue weighted by Gasteiger charge is 2.69. The lowest BCUT2D eigenvalue weighted by atomic mass is 9.68. The van der Waals surface area contributed by atoms with E-state index in [0.29, 0.717) is 22.9 Å². The Hall–Kier alpha value is -0.400. The van der Waals surface area contributed by atoms with E-state index in [1.165, 1.54) is 12.8 Å². The quantitative estimate of drug-likeness (QED) is 0.526. The van der Waals surface area contributed by atoms with E-state index in [4.69, 9.17) is 0 Å². The fourth-order valence-electron chi connectivity index (χ4n) is 3.73. The molecule has 0 aromatic rings. The lowest BCUT2D eigenvalue weighted by Gasteiger charge is -2.35. The van der Waals surface area contributed by atoms with E-state index in [0.717, 1.165) is 5.92 Å². The van der Waals surface area contributed by atoms with E-state index in [9.17, 15) is 0 Å². The summed E-state index contributed by atoms with van der Waals surface area (Å²) in [5.74, 6) is 0.882. The van der Waals surface area contributed by atoms with Gasteiger partial charge in [-0.2, -0.15) is 10.2 Å². The van der Waals surface area contributed by atoms with Crippen molar-refractivity contribution in [3.05, 3.63) is 0 Å². The van der Waals surface area contributed by atoms with Gasteiger partial charge in [0.1, 0.15) is 0 Å². The Balaban J connectivity index is 2.18. The fraction of sp³-hybridized carbons (Fsp3) is 1.00. The minimum Gasteiger partial charge on any atom is -0.190 e. The van der Waals surface area contributed by atoms with Gasteiger partial charge in [0.15, 0.2) is 0 Å². The van der Waals surface area contributed by atoms with Gasteiger partial charge in [-0.15, -0.1) is 0 Å². The Morgan fingerprint density at radius 3 is 1.83 bits per heavy atom. The van der Waals surface area contributed by atoms with Crippen LogP contribution >= 0.6 is 0 Å². The van der Waals surface area contributed by atoms with Crippen molar-refractivity contribution in [1.29, 1.82) is 0 Å². The summed E-state index contributed by atoms with van der Waals surface area (Å²) in [4.78, 5) is 0. The highest BCUT2D eigenvalue weighted by atomic mass is 15.2. The Bertz CT molecular complexity index is 251. The first-order valence-electron chi connectivity index (χ1n) is 4.97. The number of hydrogen-bond acceptors (Lipinski definition) is 2. The van der Waals surface area contributed by atoms with Crippen LogP contribution in [0.1, 0.15) is 33.6 Å². The Labute approximate surface area is 73.5 Å². The number of fused-ring (bicyclic) bond motifs is 1. The van der Waals surface area contributed by atoms with Crippen LogP contribution < -0.4 is 0 Å². The van der Waals surface area contributed by atoms with Crippen LogP contribution in [-0.2, 0) is 0 Å². The highest BCUT2D eigenvalue weighted by Crippen LogP contribution is 2.69. The van der Waals surface area contributed by atoms with Crippen LogP contribution in [0.2, 0.25) is 0 Å². The van der Waals surface area contributed by atoms with Crippen molar-refractivity contribution < 1.29 is 0 Å². The molecular formula is C10H16N2. The molecule has 3 aliphatic rings. The van der Waals surface area contributed by atoms with Crippen LogP contribution in [0, 0.1) is 16.7 Å². The molecule has 1 heterocycles. The summed E-state index contributed by atoms with van der Waals surface area (Å²) in [6.07, 6.45) is 2.59. The normalized spacial score (nSPS) is 58.4. The van der Waals surface area contributed by atoms with Crippen molar-refractivity contribution in [1.82, 2.24) is 0 Å². The van der Waals surface area contributed by atoms with Gasteiger partial charge in [0.25, 0.3) is 0 Å². The molecule has 3 rings (SSSR count). The standard InChI is InChI=1S/C10H16N2/c1-9(2)6-4-7-10(9,3)8(5-6)12-11-7/h6-8H,4-5H2,1-3H3. The van der Waals surface area contributed by atoms with Crippen molar-refractivity contribution in [2.75, 3.05) is 0 Å². The summed E-state index contributed by atoms with van der Waals surface area (Å²) < 4.78 is 0. The molecule has 2 heteroatoms. The van der Waals surface area contributed by atoms with Crippen molar-refractivity contribution in [3.63, 3.8) is 0 Å². The van der Waals surface area contributed by atoms with E-state index in [-0.39, 0.29) is 0 Å². The Morgan fingerprint density at radius 1 is 1.00 bits per heavy atom. The van der Waals surface area contributed by atoms with Crippen molar-refractivity contribution in [2.24, 2.45) is 27.0 Å². The van der Waals surface area contributed by atoms with Gasteiger partial charge in [-0.1, -0.05) is 20.8 Å². The topological polar surface area (TPSA) is 24.7 Å². The van der Waals surface area contributed by atoms with Crippen LogP contribution in [0.3, 0.4) is 0 Å². The zero-order valence-electron chi connectivity index (χ0n) is 8.04. The average Bonchev–Trinajstić information content (AvgIpc) is 2.42. The summed E-state index contributed by atoms with van der Waals surface area (Å²) in [6, 6.07) is 1.10. The third-order valence-electron chi connectivity index (χ3n) is 5.15. The smallest absolute Gasteiger partial charge is 0.0791 e. The van der Waals surface area contributed by atoms with E-state index in [1.807, 2.05) is 0 Å². The molecule has 0 aromatic carbocycles. The summed E-state index contributed by atoms with van der Waals surface area (Å²) in [5.41, 5.74) is 0.878. The number of nitrogens with zero attached hydrogens (tertiary/aromatic N) is 2. The molecule has 1 aliphatic heterocycles. The third-order valence-corrected chi connectivity index (χ3v) is 5.15.